The van der Waals surface area contributed by atoms with Crippen LogP contribution < -0.4 is 15.7 Å². The molecule has 28 heavy (non-hydrogen) atoms. The summed E-state index contributed by atoms with van der Waals surface area (Å²) >= 11 is 12.3. The van der Waals surface area contributed by atoms with E-state index < -0.39 is 10.0 Å². The lowest BCUT2D eigenvalue weighted by Crippen LogP contribution is -2.26. The molecular weight excluding hydrogens is 455 g/mol. The Morgan fingerprint density at radius 1 is 1.11 bits per heavy atom. The van der Waals surface area contributed by atoms with Crippen molar-refractivity contribution in [2.24, 2.45) is 5.14 Å². The molecule has 0 saturated carbocycles. The maximum atomic E-state index is 11.9. The van der Waals surface area contributed by atoms with Gasteiger partial charge in [0.25, 0.3) is 0 Å². The van der Waals surface area contributed by atoms with Crippen LogP contribution >= 0.6 is 35.5 Å². The van der Waals surface area contributed by atoms with Crippen LogP contribution in [0, 0.1) is 0 Å². The van der Waals surface area contributed by atoms with Crippen LogP contribution in [-0.4, -0.2) is 28.5 Å². The van der Waals surface area contributed by atoms with Crippen LogP contribution in [0.4, 0.5) is 17.3 Å². The fourth-order valence-electron chi connectivity index (χ4n) is 2.47. The summed E-state index contributed by atoms with van der Waals surface area (Å²) in [6.45, 7) is 0. The molecule has 4 N–H and O–H groups in total. The minimum atomic E-state index is -4.07. The molecule has 4 rings (SSSR count). The molecule has 0 unspecified atom stereocenters. The van der Waals surface area contributed by atoms with Crippen molar-refractivity contribution in [3.8, 4) is 5.75 Å². The van der Waals surface area contributed by atoms with Gasteiger partial charge >= 0.3 is 0 Å². The van der Waals surface area contributed by atoms with E-state index in [0.717, 1.165) is 17.6 Å². The largest absolute Gasteiger partial charge is 0.507 e. The van der Waals surface area contributed by atoms with Crippen molar-refractivity contribution in [1.82, 2.24) is 15.0 Å². The molecule has 0 spiro atoms. The number of aromatic hydroxyl groups is 1. The Labute approximate surface area is 171 Å². The zero-order chi connectivity index (χ0) is 20.1. The number of nitrogens with two attached hydrogens (primary N) is 1. The molecule has 0 atom stereocenters. The first-order chi connectivity index (χ1) is 13.2. The summed E-state index contributed by atoms with van der Waals surface area (Å²) in [5.74, 6) is -0.265. The van der Waals surface area contributed by atoms with Crippen molar-refractivity contribution in [2.75, 3.05) is 10.5 Å². The third kappa shape index (κ3) is 3.73. The second-order valence-corrected chi connectivity index (χ2v) is 8.05. The van der Waals surface area contributed by atoms with Gasteiger partial charge in [0.1, 0.15) is 11.4 Å². The second kappa shape index (κ2) is 7.04. The third-order valence-corrected chi connectivity index (χ3v) is 5.17. The molecule has 2 aromatic carbocycles. The van der Waals surface area contributed by atoms with Gasteiger partial charge in [0.15, 0.2) is 0 Å². The fraction of sp³-hybridized carbons (Fsp3) is 0. The van der Waals surface area contributed by atoms with Crippen molar-refractivity contribution >= 4 is 73.6 Å². The van der Waals surface area contributed by atoms with E-state index in [-0.39, 0.29) is 38.2 Å². The predicted octanol–water partition coefficient (Wildman–Crippen LogP) is 2.67. The highest BCUT2D eigenvalue weighted by molar-refractivity contribution is 7.90. The smallest absolute Gasteiger partial charge is 0.238 e. The Morgan fingerprint density at radius 3 is 2.36 bits per heavy atom. The molecule has 0 amide bonds. The molecule has 3 aromatic rings. The molecule has 0 aliphatic carbocycles. The quantitative estimate of drug-likeness (QED) is 0.490. The number of rotatable bonds is 4. The summed E-state index contributed by atoms with van der Waals surface area (Å²) in [5, 5.41) is 19.8. The lowest BCUT2D eigenvalue weighted by Gasteiger charge is -2.26. The van der Waals surface area contributed by atoms with E-state index in [1.165, 1.54) is 24.3 Å². The average molecular weight is 463 g/mol. The summed E-state index contributed by atoms with van der Waals surface area (Å²) in [6.07, 6.45) is 0. The number of halogens is 2. The van der Waals surface area contributed by atoms with E-state index in [4.69, 9.17) is 36.9 Å². The van der Waals surface area contributed by atoms with Crippen LogP contribution in [0.15, 0.2) is 29.2 Å². The van der Waals surface area contributed by atoms with Crippen LogP contribution in [0.5, 0.6) is 5.75 Å². The molecular formula is C13H8Cl2N6O5S2. The maximum absolute atomic E-state index is 11.9. The van der Waals surface area contributed by atoms with E-state index >= 15 is 0 Å². The monoisotopic (exact) mass is 462 g/mol. The van der Waals surface area contributed by atoms with Gasteiger partial charge in [-0.05, 0) is 46.8 Å². The van der Waals surface area contributed by atoms with Crippen LogP contribution in [-0.2, 0) is 18.6 Å². The molecule has 11 nitrogen and oxygen atoms in total. The minimum Gasteiger partial charge on any atom is -0.507 e. The normalized spacial score (nSPS) is 14.2. The number of primary sulfonamides is 1. The van der Waals surface area contributed by atoms with Gasteiger partial charge in [-0.2, -0.15) is 15.0 Å². The number of benzene rings is 2. The number of phenolic OH excluding ortho intramolecular Hbond substituents is 1. The second-order valence-electron chi connectivity index (χ2n) is 5.38. The highest BCUT2D eigenvalue weighted by atomic mass is 35.5. The van der Waals surface area contributed by atoms with Gasteiger partial charge in [0, 0.05) is 11.5 Å². The first kappa shape index (κ1) is 19.2. The van der Waals surface area contributed by atoms with Crippen LogP contribution in [0.3, 0.4) is 0 Å². The molecule has 1 fully saturated rings. The lowest BCUT2D eigenvalue weighted by molar-refractivity contribution is 0.0269. The average Bonchev–Trinajstić information content (AvgIpc) is 2.50. The highest BCUT2D eigenvalue weighted by Gasteiger charge is 2.23. The number of fused-ring (bicyclic) bond motifs is 1. The predicted molar refractivity (Wildman–Crippen MR) is 102 cm³/mol. The molecule has 1 saturated heterocycles. The van der Waals surface area contributed by atoms with Crippen LogP contribution in [0.2, 0.25) is 10.6 Å². The SMILES string of the molecule is NS(=O)(=O)c1cc(Nc2nc(Cl)nc(Cl)n2)c2c(O)cc(N3OSO3)cc2c1. The summed E-state index contributed by atoms with van der Waals surface area (Å²) in [4.78, 5) is 11.1. The molecule has 2 heterocycles. The van der Waals surface area contributed by atoms with Crippen molar-refractivity contribution in [1.29, 1.82) is 0 Å². The van der Waals surface area contributed by atoms with Crippen LogP contribution in [0.1, 0.15) is 0 Å². The summed E-state index contributed by atoms with van der Waals surface area (Å²) in [6, 6.07) is 5.40. The third-order valence-electron chi connectivity index (χ3n) is 3.55. The van der Waals surface area contributed by atoms with Gasteiger partial charge in [-0.1, -0.05) is 5.23 Å². The highest BCUT2D eigenvalue weighted by Crippen LogP contribution is 2.41. The van der Waals surface area contributed by atoms with E-state index in [2.05, 4.69) is 20.3 Å². The Bertz CT molecular complexity index is 1190. The van der Waals surface area contributed by atoms with E-state index in [1.807, 2.05) is 0 Å². The molecule has 0 bridgehead atoms. The maximum Gasteiger partial charge on any atom is 0.238 e. The van der Waals surface area contributed by atoms with Gasteiger partial charge in [-0.25, -0.2) is 13.6 Å². The number of aromatic nitrogens is 3. The molecule has 1 aliphatic rings. The van der Waals surface area contributed by atoms with E-state index in [1.54, 1.807) is 0 Å². The van der Waals surface area contributed by atoms with Crippen molar-refractivity contribution < 1.29 is 22.1 Å². The fourth-order valence-corrected chi connectivity index (χ4v) is 3.70. The first-order valence-corrected chi connectivity index (χ1v) is 10.2. The summed E-state index contributed by atoms with van der Waals surface area (Å²) < 4.78 is 33.7. The van der Waals surface area contributed by atoms with Gasteiger partial charge in [-0.3, -0.25) is 0 Å². The summed E-state index contributed by atoms with van der Waals surface area (Å²) in [5.41, 5.74) is 0.469. The van der Waals surface area contributed by atoms with Gasteiger partial charge in [0.2, 0.25) is 38.9 Å². The van der Waals surface area contributed by atoms with E-state index in [9.17, 15) is 13.5 Å². The van der Waals surface area contributed by atoms with Gasteiger partial charge in [0.05, 0.1) is 10.6 Å². The molecule has 1 aromatic heterocycles. The minimum absolute atomic E-state index is 0.0628. The van der Waals surface area contributed by atoms with Crippen molar-refractivity contribution in [2.45, 2.75) is 4.90 Å². The number of phenols is 1. The number of sulfonamides is 1. The number of hydrogen-bond acceptors (Lipinski definition) is 11. The standard InChI is InChI=1S/C13H8Cl2N6O5S2/c14-11-18-12(15)20-13(19-11)17-8-4-7(28(16,23)24)2-5-1-6(21-25-27-26-21)3-9(22)10(5)8/h1-4,22H,(H2,16,23,24)(H,17,18,19,20). The Hall–Kier alpha value is -2.13. The Balaban J connectivity index is 1.92. The van der Waals surface area contributed by atoms with Crippen LogP contribution in [0.25, 0.3) is 10.8 Å². The topological polar surface area (TPSA) is 153 Å². The zero-order valence-corrected chi connectivity index (χ0v) is 16.5. The first-order valence-electron chi connectivity index (χ1n) is 7.20. The lowest BCUT2D eigenvalue weighted by atomic mass is 10.1. The molecule has 15 heteroatoms. The summed E-state index contributed by atoms with van der Waals surface area (Å²) in [7, 11) is -4.07. The molecule has 146 valence electrons. The zero-order valence-electron chi connectivity index (χ0n) is 13.3. The number of hydrogen-bond donors (Lipinski definition) is 3. The Morgan fingerprint density at radius 2 is 1.79 bits per heavy atom. The number of nitrogens with zero attached hydrogens (tertiary/aromatic N) is 4. The van der Waals surface area contributed by atoms with E-state index in [0.29, 0.717) is 11.1 Å². The van der Waals surface area contributed by atoms with Gasteiger partial charge < -0.3 is 10.4 Å². The van der Waals surface area contributed by atoms with Gasteiger partial charge in [-0.15, -0.1) is 8.57 Å². The van der Waals surface area contributed by atoms with Crippen molar-refractivity contribution in [3.63, 3.8) is 0 Å². The number of nitrogens with one attached hydrogen (secondary N) is 1. The molecule has 0 radical (unpaired) electrons. The number of anilines is 3. The molecule has 1 aliphatic heterocycles. The van der Waals surface area contributed by atoms with Crippen molar-refractivity contribution in [3.05, 3.63) is 34.8 Å². The Kier molecular flexibility index (Phi) is 4.83.